The summed E-state index contributed by atoms with van der Waals surface area (Å²) < 4.78 is 0.308. The second-order valence-corrected chi connectivity index (χ2v) is 2.87. The highest BCUT2D eigenvalue weighted by Crippen LogP contribution is 2.01. The fraction of sp³-hybridized carbons (Fsp3) is 0.500. The summed E-state index contributed by atoms with van der Waals surface area (Å²) >= 11 is 2.97. The maximum atomic E-state index is 10.1. The molecule has 0 aromatic rings. The molecule has 0 aromatic carbocycles. The van der Waals surface area contributed by atoms with Gasteiger partial charge in [0.15, 0.2) is 6.29 Å². The zero-order valence-electron chi connectivity index (χ0n) is 8.41. The van der Waals surface area contributed by atoms with Crippen molar-refractivity contribution in [2.75, 3.05) is 14.1 Å². The Balaban J connectivity index is 0. The van der Waals surface area contributed by atoms with Gasteiger partial charge in [0.05, 0.1) is 16.4 Å². The molecule has 0 spiro atoms. The number of rotatable bonds is 3. The van der Waals surface area contributed by atoms with Crippen LogP contribution in [0.3, 0.4) is 0 Å². The van der Waals surface area contributed by atoms with E-state index >= 15 is 0 Å². The Morgan fingerprint density at radius 3 is 2.23 bits per heavy atom. The molecule has 0 saturated heterocycles. The first-order valence-corrected chi connectivity index (χ1v) is 4.69. The van der Waals surface area contributed by atoms with Crippen LogP contribution in [0.4, 0.5) is 0 Å². The summed E-state index contributed by atoms with van der Waals surface area (Å²) in [4.78, 5) is 10.1. The second kappa shape index (κ2) is 9.25. The van der Waals surface area contributed by atoms with Gasteiger partial charge in [0.1, 0.15) is 0 Å². The number of halogens is 1. The predicted octanol–water partition coefficient (Wildman–Crippen LogP) is 1.32. The van der Waals surface area contributed by atoms with Crippen molar-refractivity contribution < 1.29 is 4.79 Å². The molecule has 0 aromatic heterocycles. The van der Waals surface area contributed by atoms with Gasteiger partial charge < -0.3 is 10.7 Å². The van der Waals surface area contributed by atoms with Crippen LogP contribution in [0.15, 0.2) is 15.3 Å². The van der Waals surface area contributed by atoms with E-state index in [9.17, 15) is 4.79 Å². The number of carbonyl (C=O) groups is 1. The third-order valence-corrected chi connectivity index (χ3v) is 1.45. The third-order valence-electron chi connectivity index (χ3n) is 0.807. The van der Waals surface area contributed by atoms with E-state index in [1.807, 2.05) is 13.8 Å². The van der Waals surface area contributed by atoms with Gasteiger partial charge in [0.25, 0.3) is 0 Å². The van der Waals surface area contributed by atoms with Gasteiger partial charge in [-0.05, 0) is 15.9 Å². The van der Waals surface area contributed by atoms with E-state index in [2.05, 4.69) is 21.0 Å². The van der Waals surface area contributed by atoms with Crippen molar-refractivity contribution in [1.82, 2.24) is 5.01 Å². The van der Waals surface area contributed by atoms with Crippen LogP contribution in [0, 0.1) is 0 Å². The maximum absolute atomic E-state index is 10.1. The number of allylic oxidation sites excluding steroid dienone is 2. The van der Waals surface area contributed by atoms with E-state index in [-0.39, 0.29) is 0 Å². The van der Waals surface area contributed by atoms with Crippen LogP contribution in [0.2, 0.25) is 0 Å². The molecule has 13 heavy (non-hydrogen) atoms. The number of hydrogen-bond donors (Lipinski definition) is 1. The number of nitrogens with two attached hydrogens (primary N) is 1. The number of hydrazone groups is 1. The summed E-state index contributed by atoms with van der Waals surface area (Å²) in [5.74, 6) is 0. The molecule has 0 atom stereocenters. The Bertz CT molecular complexity index is 200. The lowest BCUT2D eigenvalue weighted by molar-refractivity contribution is -0.104. The normalized spacial score (nSPS) is 11.5. The van der Waals surface area contributed by atoms with Crippen LogP contribution >= 0.6 is 15.9 Å². The molecule has 76 valence electrons. The number of carbonyl (C=O) groups excluding carboxylic acids is 1. The Labute approximate surface area is 87.6 Å². The largest absolute Gasteiger partial charge is 0.396 e. The number of nitrogens with zero attached hydrogens (tertiary/aromatic N) is 2. The Morgan fingerprint density at radius 2 is 1.92 bits per heavy atom. The van der Waals surface area contributed by atoms with Gasteiger partial charge in [-0.15, -0.1) is 0 Å². The molecule has 0 amide bonds. The van der Waals surface area contributed by atoms with E-state index in [1.54, 1.807) is 19.1 Å². The van der Waals surface area contributed by atoms with Crippen LogP contribution in [-0.4, -0.2) is 31.6 Å². The van der Waals surface area contributed by atoms with Gasteiger partial charge in [-0.1, -0.05) is 13.8 Å². The lowest BCUT2D eigenvalue weighted by atomic mass is 10.4. The van der Waals surface area contributed by atoms with Gasteiger partial charge in [0.2, 0.25) is 0 Å². The highest BCUT2D eigenvalue weighted by atomic mass is 79.9. The SMILES string of the molecule is CC.CN(C)/N=C\C(N)=C(\Br)C=O. The highest BCUT2D eigenvalue weighted by Gasteiger charge is 1.93. The average Bonchev–Trinajstić information content (AvgIpc) is 2.16. The van der Waals surface area contributed by atoms with Crippen molar-refractivity contribution in [3.05, 3.63) is 10.2 Å². The minimum atomic E-state index is 0.308. The number of hydrogen-bond acceptors (Lipinski definition) is 4. The fourth-order valence-corrected chi connectivity index (χ4v) is 0.410. The van der Waals surface area contributed by atoms with Crippen molar-refractivity contribution >= 4 is 28.4 Å². The summed E-state index contributed by atoms with van der Waals surface area (Å²) in [6.45, 7) is 4.00. The Morgan fingerprint density at radius 1 is 1.46 bits per heavy atom. The zero-order chi connectivity index (χ0) is 10.9. The molecule has 2 N–H and O–H groups in total. The minimum Gasteiger partial charge on any atom is -0.396 e. The predicted molar refractivity (Wildman–Crippen MR) is 59.7 cm³/mol. The molecule has 0 heterocycles. The van der Waals surface area contributed by atoms with E-state index in [0.717, 1.165) is 0 Å². The van der Waals surface area contributed by atoms with Gasteiger partial charge in [0, 0.05) is 14.1 Å². The van der Waals surface area contributed by atoms with E-state index in [4.69, 9.17) is 5.73 Å². The van der Waals surface area contributed by atoms with Gasteiger partial charge >= 0.3 is 0 Å². The molecule has 0 bridgehead atoms. The van der Waals surface area contributed by atoms with E-state index in [0.29, 0.717) is 16.5 Å². The third kappa shape index (κ3) is 9.07. The zero-order valence-corrected chi connectivity index (χ0v) is 10.00. The molecule has 0 aliphatic heterocycles. The van der Waals surface area contributed by atoms with Gasteiger partial charge in [-0.2, -0.15) is 5.10 Å². The van der Waals surface area contributed by atoms with E-state index in [1.165, 1.54) is 6.21 Å². The molecule has 0 saturated carbocycles. The van der Waals surface area contributed by atoms with E-state index < -0.39 is 0 Å². The maximum Gasteiger partial charge on any atom is 0.159 e. The molecular formula is C8H16BrN3O. The van der Waals surface area contributed by atoms with Crippen LogP contribution in [0.25, 0.3) is 0 Å². The molecule has 0 rings (SSSR count). The molecule has 0 aliphatic rings. The topological polar surface area (TPSA) is 58.7 Å². The highest BCUT2D eigenvalue weighted by molar-refractivity contribution is 9.12. The van der Waals surface area contributed by atoms with Crippen molar-refractivity contribution in [3.63, 3.8) is 0 Å². The monoisotopic (exact) mass is 249 g/mol. The Hall–Kier alpha value is -0.840. The first-order chi connectivity index (χ1) is 6.07. The lowest BCUT2D eigenvalue weighted by Crippen LogP contribution is -2.07. The smallest absolute Gasteiger partial charge is 0.159 e. The van der Waals surface area contributed by atoms with Gasteiger partial charge in [-0.3, -0.25) is 4.79 Å². The average molecular weight is 250 g/mol. The van der Waals surface area contributed by atoms with Crippen molar-refractivity contribution in [2.45, 2.75) is 13.8 Å². The summed E-state index contributed by atoms with van der Waals surface area (Å²) in [5.41, 5.74) is 5.72. The van der Waals surface area contributed by atoms with Crippen molar-refractivity contribution in [2.24, 2.45) is 10.8 Å². The fourth-order valence-electron chi connectivity index (χ4n) is 0.307. The number of aldehydes is 1. The molecular weight excluding hydrogens is 234 g/mol. The molecule has 0 unspecified atom stereocenters. The summed E-state index contributed by atoms with van der Waals surface area (Å²) in [5, 5.41) is 5.41. The molecule has 5 heteroatoms. The minimum absolute atomic E-state index is 0.308. The quantitative estimate of drug-likeness (QED) is 0.355. The summed E-state index contributed by atoms with van der Waals surface area (Å²) in [6, 6.07) is 0. The van der Waals surface area contributed by atoms with Crippen molar-refractivity contribution in [3.8, 4) is 0 Å². The molecule has 0 radical (unpaired) electrons. The Kier molecular flexibility index (Phi) is 10.4. The standard InChI is InChI=1S/C6H10BrN3O.C2H6/c1-10(2)9-3-6(8)5(7)4-11;1-2/h3-4H,8H2,1-2H3;1-2H3/b6-5-,9-3-;. The molecule has 4 nitrogen and oxygen atoms in total. The molecule has 0 fully saturated rings. The summed E-state index contributed by atoms with van der Waals surface area (Å²) in [6.07, 6.45) is 2.02. The lowest BCUT2D eigenvalue weighted by Gasteiger charge is -2.01. The molecule has 0 aliphatic carbocycles. The van der Waals surface area contributed by atoms with Gasteiger partial charge in [-0.25, -0.2) is 0 Å². The second-order valence-electron chi connectivity index (χ2n) is 2.01. The van der Waals surface area contributed by atoms with Crippen LogP contribution in [0.5, 0.6) is 0 Å². The first kappa shape index (κ1) is 14.7. The van der Waals surface area contributed by atoms with Crippen molar-refractivity contribution in [1.29, 1.82) is 0 Å². The van der Waals surface area contributed by atoms with Crippen LogP contribution in [0.1, 0.15) is 13.8 Å². The summed E-state index contributed by atoms with van der Waals surface area (Å²) in [7, 11) is 3.52. The van der Waals surface area contributed by atoms with Crippen LogP contribution < -0.4 is 5.73 Å². The van der Waals surface area contributed by atoms with Crippen LogP contribution in [-0.2, 0) is 4.79 Å². The first-order valence-electron chi connectivity index (χ1n) is 3.89.